The molecule has 6 nitrogen and oxygen atoms in total. The number of para-hydroxylation sites is 1. The third-order valence-electron chi connectivity index (χ3n) is 3.74. The Kier molecular flexibility index (Phi) is 5.09. The summed E-state index contributed by atoms with van der Waals surface area (Å²) in [5, 5.41) is 10.4. The number of esters is 1. The van der Waals surface area contributed by atoms with Crippen molar-refractivity contribution in [3.05, 3.63) is 64.6 Å². The average Bonchev–Trinajstić information content (AvgIpc) is 2.91. The number of carbonyl (C=O) groups excluding carboxylic acids is 2. The van der Waals surface area contributed by atoms with Gasteiger partial charge in [-0.15, -0.1) is 0 Å². The summed E-state index contributed by atoms with van der Waals surface area (Å²) in [6, 6.07) is 13.4. The highest BCUT2D eigenvalue weighted by molar-refractivity contribution is 8.18. The van der Waals surface area contributed by atoms with Crippen LogP contribution < -0.4 is 0 Å². The molecule has 0 unspecified atom stereocenters. The van der Waals surface area contributed by atoms with Crippen LogP contribution in [0.3, 0.4) is 0 Å². The van der Waals surface area contributed by atoms with E-state index in [4.69, 9.17) is 0 Å². The number of amidine groups is 1. The molecule has 1 saturated heterocycles. The van der Waals surface area contributed by atoms with Gasteiger partial charge in [-0.25, -0.2) is 9.79 Å². The molecule has 1 fully saturated rings. The van der Waals surface area contributed by atoms with E-state index >= 15 is 0 Å². The second-order valence-corrected chi connectivity index (χ2v) is 6.48. The number of amides is 1. The van der Waals surface area contributed by atoms with Crippen molar-refractivity contribution in [1.29, 1.82) is 0 Å². The largest absolute Gasteiger partial charge is 0.507 e. The van der Waals surface area contributed by atoms with Gasteiger partial charge in [0.25, 0.3) is 5.91 Å². The third kappa shape index (κ3) is 3.62. The minimum absolute atomic E-state index is 0.111. The molecule has 1 N–H and O–H groups in total. The Labute approximate surface area is 154 Å². The van der Waals surface area contributed by atoms with E-state index in [0.29, 0.717) is 26.9 Å². The maximum absolute atomic E-state index is 12.4. The number of aromatic hydroxyl groups is 1. The van der Waals surface area contributed by atoms with Crippen LogP contribution in [0.4, 0.5) is 5.69 Å². The number of rotatable bonds is 3. The molecule has 0 spiro atoms. The maximum atomic E-state index is 12.4. The van der Waals surface area contributed by atoms with Gasteiger partial charge >= 0.3 is 5.97 Å². The molecule has 2 aromatic carbocycles. The predicted molar refractivity (Wildman–Crippen MR) is 101 cm³/mol. The van der Waals surface area contributed by atoms with Crippen LogP contribution in [0.2, 0.25) is 0 Å². The second-order valence-electron chi connectivity index (χ2n) is 5.47. The molecule has 0 aliphatic carbocycles. The zero-order chi connectivity index (χ0) is 18.7. The van der Waals surface area contributed by atoms with E-state index in [9.17, 15) is 14.7 Å². The summed E-state index contributed by atoms with van der Waals surface area (Å²) in [6.07, 6.45) is 1.64. The fourth-order valence-electron chi connectivity index (χ4n) is 2.30. The van der Waals surface area contributed by atoms with Gasteiger partial charge in [0.15, 0.2) is 5.17 Å². The van der Waals surface area contributed by atoms with E-state index in [0.717, 1.165) is 0 Å². The molecular weight excluding hydrogens is 352 g/mol. The van der Waals surface area contributed by atoms with E-state index in [1.165, 1.54) is 23.8 Å². The number of phenolic OH excluding ortho intramolecular Hbond substituents is 1. The number of methoxy groups -OCH3 is 1. The van der Waals surface area contributed by atoms with Crippen LogP contribution in [0.1, 0.15) is 15.9 Å². The number of thioether (sulfide) groups is 1. The molecular formula is C19H16N2O4S. The molecule has 0 atom stereocenters. The number of aliphatic imine (C=N–C) groups is 1. The lowest BCUT2D eigenvalue weighted by Gasteiger charge is -2.07. The number of likely N-dealkylation sites (N-methyl/N-ethyl adjacent to an activating group) is 1. The molecule has 1 aliphatic heterocycles. The van der Waals surface area contributed by atoms with Crippen LogP contribution in [-0.4, -0.2) is 41.2 Å². The SMILES string of the molecule is COC(=O)c1ccc(N=C2S/C(=C/c3ccccc3O)C(=O)N2C)cc1. The molecule has 132 valence electrons. The lowest BCUT2D eigenvalue weighted by Crippen LogP contribution is -2.23. The average molecular weight is 368 g/mol. The Hall–Kier alpha value is -3.06. The number of carbonyl (C=O) groups is 2. The molecule has 3 rings (SSSR count). The van der Waals surface area contributed by atoms with Gasteiger partial charge in [0, 0.05) is 12.6 Å². The van der Waals surface area contributed by atoms with E-state index in [-0.39, 0.29) is 11.7 Å². The van der Waals surface area contributed by atoms with Gasteiger partial charge in [-0.1, -0.05) is 18.2 Å². The summed E-state index contributed by atoms with van der Waals surface area (Å²) in [5.41, 5.74) is 1.61. The number of phenols is 1. The summed E-state index contributed by atoms with van der Waals surface area (Å²) >= 11 is 1.23. The number of hydrogen-bond acceptors (Lipinski definition) is 6. The molecule has 0 saturated carbocycles. The topological polar surface area (TPSA) is 79.2 Å². The van der Waals surface area contributed by atoms with Crippen LogP contribution in [-0.2, 0) is 9.53 Å². The Bertz CT molecular complexity index is 919. The van der Waals surface area contributed by atoms with Crippen molar-refractivity contribution < 1.29 is 19.4 Å². The second kappa shape index (κ2) is 7.45. The summed E-state index contributed by atoms with van der Waals surface area (Å²) in [5.74, 6) is -0.498. The Morgan fingerprint density at radius 3 is 2.54 bits per heavy atom. The van der Waals surface area contributed by atoms with Crippen molar-refractivity contribution in [2.45, 2.75) is 0 Å². The number of hydrogen-bond donors (Lipinski definition) is 1. The van der Waals surface area contributed by atoms with Gasteiger partial charge in [-0.2, -0.15) is 0 Å². The Morgan fingerprint density at radius 1 is 1.19 bits per heavy atom. The first-order chi connectivity index (χ1) is 12.5. The van der Waals surface area contributed by atoms with Crippen molar-refractivity contribution in [1.82, 2.24) is 4.90 Å². The van der Waals surface area contributed by atoms with Gasteiger partial charge < -0.3 is 9.84 Å². The molecule has 0 radical (unpaired) electrons. The highest BCUT2D eigenvalue weighted by Gasteiger charge is 2.30. The summed E-state index contributed by atoms with van der Waals surface area (Å²) in [7, 11) is 2.97. The van der Waals surface area contributed by atoms with Crippen LogP contribution in [0.25, 0.3) is 6.08 Å². The Morgan fingerprint density at radius 2 is 1.88 bits per heavy atom. The zero-order valence-electron chi connectivity index (χ0n) is 14.2. The van der Waals surface area contributed by atoms with Gasteiger partial charge in [0.1, 0.15) is 5.75 Å². The molecule has 2 aromatic rings. The van der Waals surface area contributed by atoms with E-state index in [1.807, 2.05) is 0 Å². The molecule has 1 aliphatic rings. The smallest absolute Gasteiger partial charge is 0.337 e. The molecule has 0 bridgehead atoms. The molecule has 1 amide bonds. The predicted octanol–water partition coefficient (Wildman–Crippen LogP) is 3.41. The zero-order valence-corrected chi connectivity index (χ0v) is 15.0. The lowest BCUT2D eigenvalue weighted by atomic mass is 10.2. The van der Waals surface area contributed by atoms with Crippen LogP contribution >= 0.6 is 11.8 Å². The van der Waals surface area contributed by atoms with Gasteiger partial charge in [0.2, 0.25) is 0 Å². The normalized spacial score (nSPS) is 17.2. The quantitative estimate of drug-likeness (QED) is 0.663. The minimum atomic E-state index is -0.417. The van der Waals surface area contributed by atoms with Crippen molar-refractivity contribution in [3.63, 3.8) is 0 Å². The first-order valence-electron chi connectivity index (χ1n) is 7.72. The molecule has 0 aromatic heterocycles. The summed E-state index contributed by atoms with van der Waals surface area (Å²) in [6.45, 7) is 0. The number of ether oxygens (including phenoxy) is 1. The standard InChI is InChI=1S/C19H16N2O4S/c1-21-17(23)16(11-13-5-3-4-6-15(13)22)26-19(21)20-14-9-7-12(8-10-14)18(24)25-2/h3-11,22H,1-2H3/b16-11+,20-19?. The van der Waals surface area contributed by atoms with E-state index < -0.39 is 5.97 Å². The van der Waals surface area contributed by atoms with Crippen molar-refractivity contribution in [2.75, 3.05) is 14.2 Å². The first kappa shape index (κ1) is 17.8. The van der Waals surface area contributed by atoms with E-state index in [1.54, 1.807) is 61.7 Å². The third-order valence-corrected chi connectivity index (χ3v) is 4.80. The number of benzene rings is 2. The summed E-state index contributed by atoms with van der Waals surface area (Å²) < 4.78 is 4.66. The van der Waals surface area contributed by atoms with Crippen molar-refractivity contribution in [3.8, 4) is 5.75 Å². The summed E-state index contributed by atoms with van der Waals surface area (Å²) in [4.78, 5) is 30.3. The molecule has 26 heavy (non-hydrogen) atoms. The van der Waals surface area contributed by atoms with E-state index in [2.05, 4.69) is 9.73 Å². The maximum Gasteiger partial charge on any atom is 0.337 e. The fraction of sp³-hybridized carbons (Fsp3) is 0.105. The fourth-order valence-corrected chi connectivity index (χ4v) is 3.28. The van der Waals surface area contributed by atoms with Crippen molar-refractivity contribution >= 4 is 40.6 Å². The first-order valence-corrected chi connectivity index (χ1v) is 8.54. The van der Waals surface area contributed by atoms with Gasteiger partial charge in [0.05, 0.1) is 23.3 Å². The molecule has 7 heteroatoms. The van der Waals surface area contributed by atoms with Crippen LogP contribution in [0.5, 0.6) is 5.75 Å². The number of nitrogens with zero attached hydrogens (tertiary/aromatic N) is 2. The minimum Gasteiger partial charge on any atom is -0.507 e. The van der Waals surface area contributed by atoms with Gasteiger partial charge in [-0.3, -0.25) is 9.69 Å². The highest BCUT2D eigenvalue weighted by Crippen LogP contribution is 2.34. The molecule has 1 heterocycles. The van der Waals surface area contributed by atoms with Crippen LogP contribution in [0.15, 0.2) is 58.4 Å². The highest BCUT2D eigenvalue weighted by atomic mass is 32.2. The Balaban J connectivity index is 1.85. The van der Waals surface area contributed by atoms with Crippen LogP contribution in [0, 0.1) is 0 Å². The van der Waals surface area contributed by atoms with Crippen molar-refractivity contribution in [2.24, 2.45) is 4.99 Å². The van der Waals surface area contributed by atoms with Gasteiger partial charge in [-0.05, 0) is 48.2 Å². The monoisotopic (exact) mass is 368 g/mol. The lowest BCUT2D eigenvalue weighted by molar-refractivity contribution is -0.121.